The third-order valence-electron chi connectivity index (χ3n) is 5.87. The number of hydrogen-bond acceptors (Lipinski definition) is 5. The lowest BCUT2D eigenvalue weighted by Gasteiger charge is -2.44. The molecule has 0 atom stereocenters. The van der Waals surface area contributed by atoms with Crippen molar-refractivity contribution in [3.05, 3.63) is 59.7 Å². The largest absolute Gasteiger partial charge is 0.497 e. The normalized spacial score (nSPS) is 17.8. The second kappa shape index (κ2) is 8.60. The smallest absolute Gasteiger partial charge is 0.255 e. The number of rotatable bonds is 4. The Hall–Kier alpha value is -2.67. The molecular weight excluding hydrogens is 400 g/mol. The van der Waals surface area contributed by atoms with Crippen molar-refractivity contribution in [3.63, 3.8) is 0 Å². The van der Waals surface area contributed by atoms with E-state index < -0.39 is 0 Å². The van der Waals surface area contributed by atoms with E-state index in [1.54, 1.807) is 32.4 Å². The molecule has 158 valence electrons. The number of likely N-dealkylation sites (tertiary alicyclic amines) is 1. The van der Waals surface area contributed by atoms with E-state index in [0.717, 1.165) is 18.6 Å². The first-order valence-electron chi connectivity index (χ1n) is 10.1. The molecule has 0 aliphatic carbocycles. The van der Waals surface area contributed by atoms with E-state index in [4.69, 9.17) is 9.47 Å². The molecule has 0 bridgehead atoms. The molecule has 2 amide bonds. The molecule has 0 radical (unpaired) electrons. The minimum absolute atomic E-state index is 0.0139. The number of carbonyl (C=O) groups excluding carboxylic acids is 2. The van der Waals surface area contributed by atoms with Crippen LogP contribution in [0.4, 0.5) is 0 Å². The fourth-order valence-corrected chi connectivity index (χ4v) is 5.67. The first-order valence-corrected chi connectivity index (χ1v) is 11.1. The number of methoxy groups -OCH3 is 2. The Labute approximate surface area is 181 Å². The Balaban J connectivity index is 1.50. The molecule has 0 aromatic heterocycles. The van der Waals surface area contributed by atoms with Crippen molar-refractivity contribution in [1.29, 1.82) is 0 Å². The summed E-state index contributed by atoms with van der Waals surface area (Å²) in [6, 6.07) is 14.7. The lowest BCUT2D eigenvalue weighted by atomic mass is 10.00. The van der Waals surface area contributed by atoms with Crippen molar-refractivity contribution >= 4 is 23.6 Å². The summed E-state index contributed by atoms with van der Waals surface area (Å²) in [5.74, 6) is 2.15. The lowest BCUT2D eigenvalue weighted by molar-refractivity contribution is 0.0497. The average Bonchev–Trinajstić information content (AvgIpc) is 3.21. The zero-order valence-corrected chi connectivity index (χ0v) is 18.1. The number of amides is 2. The van der Waals surface area contributed by atoms with Crippen molar-refractivity contribution in [2.45, 2.75) is 17.7 Å². The summed E-state index contributed by atoms with van der Waals surface area (Å²) >= 11 is 1.83. The van der Waals surface area contributed by atoms with Crippen LogP contribution >= 0.6 is 11.8 Å². The Bertz CT molecular complexity index is 904. The molecule has 1 spiro atoms. The van der Waals surface area contributed by atoms with Crippen LogP contribution in [0.2, 0.25) is 0 Å². The van der Waals surface area contributed by atoms with Gasteiger partial charge < -0.3 is 19.3 Å². The SMILES string of the molecule is COc1cc(OC)cc(C(=O)N2CCSC23CCN(C(=O)c2ccccc2)CC3)c1. The number of benzene rings is 2. The van der Waals surface area contributed by atoms with E-state index >= 15 is 0 Å². The summed E-state index contributed by atoms with van der Waals surface area (Å²) in [6.45, 7) is 1.99. The molecule has 2 aliphatic rings. The van der Waals surface area contributed by atoms with Gasteiger partial charge in [0.05, 0.1) is 19.1 Å². The van der Waals surface area contributed by atoms with Gasteiger partial charge in [0.2, 0.25) is 0 Å². The number of ether oxygens (including phenoxy) is 2. The van der Waals surface area contributed by atoms with Crippen LogP contribution in [0.3, 0.4) is 0 Å². The van der Waals surface area contributed by atoms with Gasteiger partial charge >= 0.3 is 0 Å². The number of nitrogens with zero attached hydrogens (tertiary/aromatic N) is 2. The molecule has 6 nitrogen and oxygen atoms in total. The molecular formula is C23H26N2O4S. The molecule has 2 heterocycles. The molecule has 2 fully saturated rings. The van der Waals surface area contributed by atoms with Crippen LogP contribution in [0.15, 0.2) is 48.5 Å². The van der Waals surface area contributed by atoms with Gasteiger partial charge in [-0.15, -0.1) is 11.8 Å². The predicted molar refractivity (Wildman–Crippen MR) is 117 cm³/mol. The van der Waals surface area contributed by atoms with E-state index in [9.17, 15) is 9.59 Å². The van der Waals surface area contributed by atoms with Crippen molar-refractivity contribution < 1.29 is 19.1 Å². The summed E-state index contributed by atoms with van der Waals surface area (Å²) in [5, 5.41) is 0. The summed E-state index contributed by atoms with van der Waals surface area (Å²) < 4.78 is 10.7. The molecule has 2 aromatic rings. The quantitative estimate of drug-likeness (QED) is 0.749. The molecule has 0 N–H and O–H groups in total. The third kappa shape index (κ3) is 3.86. The molecule has 2 aromatic carbocycles. The summed E-state index contributed by atoms with van der Waals surface area (Å²) in [5.41, 5.74) is 1.28. The molecule has 7 heteroatoms. The van der Waals surface area contributed by atoms with Gasteiger partial charge in [0, 0.05) is 42.6 Å². The second-order valence-electron chi connectivity index (χ2n) is 7.51. The number of thioether (sulfide) groups is 1. The highest BCUT2D eigenvalue weighted by Crippen LogP contribution is 2.45. The minimum atomic E-state index is -0.263. The Morgan fingerprint density at radius 3 is 2.10 bits per heavy atom. The van der Waals surface area contributed by atoms with Gasteiger partial charge in [-0.1, -0.05) is 18.2 Å². The molecule has 2 saturated heterocycles. The van der Waals surface area contributed by atoms with Gasteiger partial charge in [0.15, 0.2) is 0 Å². The maximum absolute atomic E-state index is 13.4. The Kier molecular flexibility index (Phi) is 5.90. The van der Waals surface area contributed by atoms with E-state index in [2.05, 4.69) is 0 Å². The van der Waals surface area contributed by atoms with Crippen LogP contribution in [0.25, 0.3) is 0 Å². The van der Waals surface area contributed by atoms with Crippen LogP contribution < -0.4 is 9.47 Å². The minimum Gasteiger partial charge on any atom is -0.497 e. The van der Waals surface area contributed by atoms with E-state index in [1.807, 2.05) is 51.9 Å². The second-order valence-corrected chi connectivity index (χ2v) is 8.97. The van der Waals surface area contributed by atoms with E-state index in [0.29, 0.717) is 42.3 Å². The molecule has 2 aliphatic heterocycles. The van der Waals surface area contributed by atoms with Gasteiger partial charge in [-0.25, -0.2) is 0 Å². The third-order valence-corrected chi connectivity index (χ3v) is 7.43. The van der Waals surface area contributed by atoms with Crippen molar-refractivity contribution in [3.8, 4) is 11.5 Å². The lowest BCUT2D eigenvalue weighted by Crippen LogP contribution is -2.53. The van der Waals surface area contributed by atoms with Crippen LogP contribution in [0.5, 0.6) is 11.5 Å². The molecule has 0 saturated carbocycles. The van der Waals surface area contributed by atoms with Crippen molar-refractivity contribution in [1.82, 2.24) is 9.80 Å². The highest BCUT2D eigenvalue weighted by atomic mass is 32.2. The Morgan fingerprint density at radius 1 is 0.867 bits per heavy atom. The maximum Gasteiger partial charge on any atom is 0.255 e. The molecule has 4 rings (SSSR count). The fraction of sp³-hybridized carbons (Fsp3) is 0.391. The summed E-state index contributed by atoms with van der Waals surface area (Å²) in [7, 11) is 3.16. The first kappa shape index (κ1) is 20.6. The summed E-state index contributed by atoms with van der Waals surface area (Å²) in [6.07, 6.45) is 1.53. The number of hydrogen-bond donors (Lipinski definition) is 0. The van der Waals surface area contributed by atoms with Gasteiger partial charge in [0.25, 0.3) is 11.8 Å². The fourth-order valence-electron chi connectivity index (χ4n) is 4.22. The van der Waals surface area contributed by atoms with Crippen LogP contribution in [0.1, 0.15) is 33.6 Å². The average molecular weight is 427 g/mol. The maximum atomic E-state index is 13.4. The monoisotopic (exact) mass is 426 g/mol. The molecule has 30 heavy (non-hydrogen) atoms. The van der Waals surface area contributed by atoms with Gasteiger partial charge in [-0.3, -0.25) is 9.59 Å². The van der Waals surface area contributed by atoms with Crippen molar-refractivity contribution in [2.75, 3.05) is 39.6 Å². The summed E-state index contributed by atoms with van der Waals surface area (Å²) in [4.78, 5) is 29.8. The van der Waals surface area contributed by atoms with Gasteiger partial charge in [0.1, 0.15) is 11.5 Å². The predicted octanol–water partition coefficient (Wildman–Crippen LogP) is 3.53. The standard InChI is InChI=1S/C23H26N2O4S/c1-28-19-14-18(15-20(16-19)29-2)22(27)25-12-13-30-23(25)8-10-24(11-9-23)21(26)17-6-4-3-5-7-17/h3-7,14-16H,8-13H2,1-2H3. The van der Waals surface area contributed by atoms with Crippen LogP contribution in [-0.4, -0.2) is 66.1 Å². The number of piperidine rings is 1. The van der Waals surface area contributed by atoms with Crippen molar-refractivity contribution in [2.24, 2.45) is 0 Å². The van der Waals surface area contributed by atoms with Crippen LogP contribution in [0, 0.1) is 0 Å². The molecule has 0 unspecified atom stereocenters. The highest BCUT2D eigenvalue weighted by Gasteiger charge is 2.47. The van der Waals surface area contributed by atoms with Gasteiger partial charge in [-0.2, -0.15) is 0 Å². The highest BCUT2D eigenvalue weighted by molar-refractivity contribution is 8.00. The topological polar surface area (TPSA) is 59.1 Å². The van der Waals surface area contributed by atoms with Crippen LogP contribution in [-0.2, 0) is 0 Å². The van der Waals surface area contributed by atoms with E-state index in [1.165, 1.54) is 0 Å². The number of carbonyl (C=O) groups is 2. The zero-order valence-electron chi connectivity index (χ0n) is 17.3. The van der Waals surface area contributed by atoms with Gasteiger partial charge in [-0.05, 0) is 37.1 Å². The zero-order chi connectivity index (χ0) is 21.1. The Morgan fingerprint density at radius 2 is 1.50 bits per heavy atom. The van der Waals surface area contributed by atoms with E-state index in [-0.39, 0.29) is 16.7 Å². The first-order chi connectivity index (χ1) is 14.6.